The third-order valence-electron chi connectivity index (χ3n) is 3.49. The van der Waals surface area contributed by atoms with Gasteiger partial charge in [-0.3, -0.25) is 4.90 Å². The molecule has 0 amide bonds. The van der Waals surface area contributed by atoms with Crippen LogP contribution in [0.4, 0.5) is 0 Å². The zero-order chi connectivity index (χ0) is 12.2. The summed E-state index contributed by atoms with van der Waals surface area (Å²) < 4.78 is 22.6. The standard InChI is InChI=1S/C11H24N2O2S/c1-4-12-9-10(2)11(3)13-5-7-16(14,15)8-6-13/h10-12H,4-9H2,1-3H3. The maximum Gasteiger partial charge on any atom is 0.152 e. The Labute approximate surface area is 99.3 Å². The molecule has 2 unspecified atom stereocenters. The molecule has 0 saturated carbocycles. The molecule has 1 N–H and O–H groups in total. The van der Waals surface area contributed by atoms with Crippen molar-refractivity contribution in [2.45, 2.75) is 26.8 Å². The highest BCUT2D eigenvalue weighted by molar-refractivity contribution is 7.91. The van der Waals surface area contributed by atoms with Crippen molar-refractivity contribution in [3.05, 3.63) is 0 Å². The van der Waals surface area contributed by atoms with Crippen molar-refractivity contribution in [3.8, 4) is 0 Å². The fourth-order valence-corrected chi connectivity index (χ4v) is 3.27. The highest BCUT2D eigenvalue weighted by Gasteiger charge is 2.27. The van der Waals surface area contributed by atoms with Gasteiger partial charge in [-0.15, -0.1) is 0 Å². The number of rotatable bonds is 5. The SMILES string of the molecule is CCNCC(C)C(C)N1CCS(=O)(=O)CC1. The van der Waals surface area contributed by atoms with Gasteiger partial charge in [-0.05, 0) is 25.9 Å². The lowest BCUT2D eigenvalue weighted by atomic mass is 10.0. The molecule has 2 atom stereocenters. The lowest BCUT2D eigenvalue weighted by Gasteiger charge is -2.35. The largest absolute Gasteiger partial charge is 0.317 e. The van der Waals surface area contributed by atoms with Gasteiger partial charge in [-0.2, -0.15) is 0 Å². The summed E-state index contributed by atoms with van der Waals surface area (Å²) in [6.07, 6.45) is 0. The van der Waals surface area contributed by atoms with Crippen molar-refractivity contribution in [3.63, 3.8) is 0 Å². The minimum Gasteiger partial charge on any atom is -0.317 e. The zero-order valence-corrected chi connectivity index (χ0v) is 11.4. The molecule has 0 spiro atoms. The summed E-state index contributed by atoms with van der Waals surface area (Å²) in [5, 5.41) is 3.34. The molecule has 0 aromatic heterocycles. The Hall–Kier alpha value is -0.130. The first-order valence-corrected chi connectivity index (χ1v) is 7.93. The monoisotopic (exact) mass is 248 g/mol. The fraction of sp³-hybridized carbons (Fsp3) is 1.00. The summed E-state index contributed by atoms with van der Waals surface area (Å²) in [5.74, 6) is 1.21. The second-order valence-corrected chi connectivity index (χ2v) is 7.02. The topological polar surface area (TPSA) is 49.4 Å². The van der Waals surface area contributed by atoms with Crippen LogP contribution in [0, 0.1) is 5.92 Å². The van der Waals surface area contributed by atoms with Crippen LogP contribution in [-0.2, 0) is 9.84 Å². The molecule has 0 bridgehead atoms. The van der Waals surface area contributed by atoms with E-state index >= 15 is 0 Å². The Morgan fingerprint density at radius 1 is 1.25 bits per heavy atom. The first-order valence-electron chi connectivity index (χ1n) is 6.11. The molecule has 1 fully saturated rings. The molecular formula is C11H24N2O2S. The highest BCUT2D eigenvalue weighted by atomic mass is 32.2. The summed E-state index contributed by atoms with van der Waals surface area (Å²) in [5.41, 5.74) is 0. The third-order valence-corrected chi connectivity index (χ3v) is 5.10. The van der Waals surface area contributed by atoms with E-state index in [1.54, 1.807) is 0 Å². The van der Waals surface area contributed by atoms with Crippen molar-refractivity contribution in [1.82, 2.24) is 10.2 Å². The van der Waals surface area contributed by atoms with Gasteiger partial charge in [0.2, 0.25) is 0 Å². The van der Waals surface area contributed by atoms with Gasteiger partial charge in [-0.1, -0.05) is 13.8 Å². The molecule has 1 saturated heterocycles. The van der Waals surface area contributed by atoms with Gasteiger partial charge in [0.25, 0.3) is 0 Å². The van der Waals surface area contributed by atoms with E-state index in [4.69, 9.17) is 0 Å². The minimum absolute atomic E-state index is 0.325. The number of nitrogens with zero attached hydrogens (tertiary/aromatic N) is 1. The quantitative estimate of drug-likeness (QED) is 0.763. The molecule has 1 aliphatic heterocycles. The van der Waals surface area contributed by atoms with E-state index in [1.807, 2.05) is 0 Å². The van der Waals surface area contributed by atoms with E-state index in [0.29, 0.717) is 36.6 Å². The molecule has 1 heterocycles. The summed E-state index contributed by atoms with van der Waals surface area (Å²) >= 11 is 0. The average Bonchev–Trinajstić information content (AvgIpc) is 2.25. The van der Waals surface area contributed by atoms with Crippen LogP contribution in [0.15, 0.2) is 0 Å². The molecule has 1 aliphatic rings. The molecule has 0 aromatic carbocycles. The van der Waals surface area contributed by atoms with Crippen LogP contribution in [0.25, 0.3) is 0 Å². The molecule has 1 rings (SSSR count). The molecule has 96 valence electrons. The van der Waals surface area contributed by atoms with Crippen molar-refractivity contribution in [2.75, 3.05) is 37.7 Å². The maximum absolute atomic E-state index is 11.3. The lowest BCUT2D eigenvalue weighted by molar-refractivity contribution is 0.172. The Morgan fingerprint density at radius 2 is 1.81 bits per heavy atom. The van der Waals surface area contributed by atoms with E-state index in [0.717, 1.165) is 13.1 Å². The van der Waals surface area contributed by atoms with Crippen LogP contribution in [0.1, 0.15) is 20.8 Å². The minimum atomic E-state index is -2.75. The van der Waals surface area contributed by atoms with Gasteiger partial charge < -0.3 is 5.32 Å². The summed E-state index contributed by atoms with van der Waals surface area (Å²) in [6, 6.07) is 0.453. The molecule has 0 aliphatic carbocycles. The van der Waals surface area contributed by atoms with Gasteiger partial charge in [0, 0.05) is 19.1 Å². The highest BCUT2D eigenvalue weighted by Crippen LogP contribution is 2.14. The molecular weight excluding hydrogens is 224 g/mol. The summed E-state index contributed by atoms with van der Waals surface area (Å²) in [4.78, 5) is 2.29. The molecule has 0 radical (unpaired) electrons. The average molecular weight is 248 g/mol. The van der Waals surface area contributed by atoms with Crippen LogP contribution in [0.2, 0.25) is 0 Å². The van der Waals surface area contributed by atoms with Crippen LogP contribution in [0.5, 0.6) is 0 Å². The van der Waals surface area contributed by atoms with Crippen LogP contribution < -0.4 is 5.32 Å². The van der Waals surface area contributed by atoms with Gasteiger partial charge >= 0.3 is 0 Å². The Morgan fingerprint density at radius 3 is 2.31 bits per heavy atom. The summed E-state index contributed by atoms with van der Waals surface area (Å²) in [6.45, 7) is 9.90. The van der Waals surface area contributed by atoms with Crippen LogP contribution >= 0.6 is 0 Å². The zero-order valence-electron chi connectivity index (χ0n) is 10.6. The predicted octanol–water partition coefficient (Wildman–Crippen LogP) is 0.351. The first-order chi connectivity index (χ1) is 7.46. The Balaban J connectivity index is 2.40. The fourth-order valence-electron chi connectivity index (χ4n) is 2.04. The van der Waals surface area contributed by atoms with Crippen molar-refractivity contribution >= 4 is 9.84 Å². The van der Waals surface area contributed by atoms with Gasteiger partial charge in [0.15, 0.2) is 9.84 Å². The van der Waals surface area contributed by atoms with E-state index in [9.17, 15) is 8.42 Å². The van der Waals surface area contributed by atoms with E-state index in [1.165, 1.54) is 0 Å². The van der Waals surface area contributed by atoms with Gasteiger partial charge in [0.05, 0.1) is 11.5 Å². The molecule has 16 heavy (non-hydrogen) atoms. The number of hydrogen-bond donors (Lipinski definition) is 1. The Bertz CT molecular complexity index is 289. The second-order valence-electron chi connectivity index (χ2n) is 4.71. The van der Waals surface area contributed by atoms with E-state index < -0.39 is 9.84 Å². The molecule has 4 nitrogen and oxygen atoms in total. The molecule has 5 heteroatoms. The number of sulfone groups is 1. The first kappa shape index (κ1) is 13.9. The second kappa shape index (κ2) is 5.98. The lowest BCUT2D eigenvalue weighted by Crippen LogP contribution is -2.48. The number of hydrogen-bond acceptors (Lipinski definition) is 4. The Kier molecular flexibility index (Phi) is 5.21. The maximum atomic E-state index is 11.3. The summed E-state index contributed by atoms with van der Waals surface area (Å²) in [7, 11) is -2.75. The smallest absolute Gasteiger partial charge is 0.152 e. The van der Waals surface area contributed by atoms with Gasteiger partial charge in [-0.25, -0.2) is 8.42 Å². The van der Waals surface area contributed by atoms with Crippen LogP contribution in [0.3, 0.4) is 0 Å². The van der Waals surface area contributed by atoms with E-state index in [2.05, 4.69) is 31.0 Å². The third kappa shape index (κ3) is 4.03. The van der Waals surface area contributed by atoms with Crippen molar-refractivity contribution in [1.29, 1.82) is 0 Å². The predicted molar refractivity (Wildman–Crippen MR) is 67.4 cm³/mol. The normalized spacial score (nSPS) is 25.2. The van der Waals surface area contributed by atoms with Crippen LogP contribution in [-0.4, -0.2) is 57.0 Å². The van der Waals surface area contributed by atoms with Crippen molar-refractivity contribution in [2.24, 2.45) is 5.92 Å². The van der Waals surface area contributed by atoms with E-state index in [-0.39, 0.29) is 0 Å². The number of nitrogens with one attached hydrogen (secondary N) is 1. The van der Waals surface area contributed by atoms with Crippen molar-refractivity contribution < 1.29 is 8.42 Å². The molecule has 0 aromatic rings. The van der Waals surface area contributed by atoms with Gasteiger partial charge in [0.1, 0.15) is 0 Å².